The summed E-state index contributed by atoms with van der Waals surface area (Å²) in [6.45, 7) is 7.41. The second-order valence-corrected chi connectivity index (χ2v) is 4.61. The first-order valence-electron chi connectivity index (χ1n) is 5.95. The van der Waals surface area contributed by atoms with Crippen LogP contribution in [0.25, 0.3) is 0 Å². The Morgan fingerprint density at radius 1 is 1.29 bits per heavy atom. The normalized spacial score (nSPS) is 10.2. The van der Waals surface area contributed by atoms with Crippen LogP contribution in [0.4, 0.5) is 0 Å². The van der Waals surface area contributed by atoms with Gasteiger partial charge in [0.2, 0.25) is 5.91 Å². The van der Waals surface area contributed by atoms with Gasteiger partial charge in [0.25, 0.3) is 5.97 Å². The lowest BCUT2D eigenvalue weighted by atomic mass is 9.97. The van der Waals surface area contributed by atoms with E-state index in [4.69, 9.17) is 15.6 Å². The maximum atomic E-state index is 11.0. The molecule has 5 nitrogen and oxygen atoms in total. The van der Waals surface area contributed by atoms with Crippen molar-refractivity contribution in [1.29, 1.82) is 0 Å². The molecule has 0 saturated carbocycles. The van der Waals surface area contributed by atoms with Crippen LogP contribution in [0.15, 0.2) is 0 Å². The Kier molecular flexibility index (Phi) is 10.8. The van der Waals surface area contributed by atoms with Crippen molar-refractivity contribution in [2.24, 2.45) is 5.73 Å². The number of carbonyl (C=O) groups is 2. The molecule has 0 atom stereocenters. The van der Waals surface area contributed by atoms with E-state index >= 15 is 0 Å². The number of hydrogen-bond donors (Lipinski definition) is 3. The van der Waals surface area contributed by atoms with E-state index in [2.05, 4.69) is 12.2 Å². The van der Waals surface area contributed by atoms with E-state index in [0.717, 1.165) is 19.8 Å². The first-order valence-corrected chi connectivity index (χ1v) is 5.95. The predicted octanol–water partition coefficient (Wildman–Crippen LogP) is 1.51. The number of aliphatic carboxylic acids is 1. The molecule has 0 rings (SSSR count). The molecule has 0 fully saturated rings. The fraction of sp³-hybridized carbons (Fsp3) is 0.833. The van der Waals surface area contributed by atoms with E-state index in [9.17, 15) is 4.79 Å². The summed E-state index contributed by atoms with van der Waals surface area (Å²) in [6.07, 6.45) is 4.61. The molecule has 0 aliphatic heterocycles. The maximum absolute atomic E-state index is 11.0. The number of nitrogens with two attached hydrogens (primary N) is 1. The van der Waals surface area contributed by atoms with Crippen molar-refractivity contribution in [2.45, 2.75) is 58.9 Å². The standard InChI is InChI=1S/C10H22N2O.C2H4O2/c1-4-5-6-7-10(2,3)12-9(13)8-11;1-2(3)4/h4-8,11H2,1-3H3,(H,12,13);1H3,(H,3,4). The Bertz CT molecular complexity index is 224. The minimum atomic E-state index is -0.833. The molecule has 17 heavy (non-hydrogen) atoms. The molecule has 5 heteroatoms. The fourth-order valence-corrected chi connectivity index (χ4v) is 1.31. The third kappa shape index (κ3) is 17.5. The van der Waals surface area contributed by atoms with Gasteiger partial charge in [-0.1, -0.05) is 26.2 Å². The van der Waals surface area contributed by atoms with E-state index < -0.39 is 5.97 Å². The largest absolute Gasteiger partial charge is 0.481 e. The van der Waals surface area contributed by atoms with Gasteiger partial charge in [-0.15, -0.1) is 0 Å². The SMILES string of the molecule is CC(=O)O.CCCCCC(C)(C)NC(=O)CN. The molecule has 0 aliphatic carbocycles. The van der Waals surface area contributed by atoms with Crippen molar-refractivity contribution < 1.29 is 14.7 Å². The summed E-state index contributed by atoms with van der Waals surface area (Å²) < 4.78 is 0. The average Bonchev–Trinajstić information content (AvgIpc) is 2.16. The minimum Gasteiger partial charge on any atom is -0.481 e. The number of carboxylic acid groups (broad SMARTS) is 1. The van der Waals surface area contributed by atoms with Crippen LogP contribution in [-0.2, 0) is 9.59 Å². The second kappa shape index (κ2) is 10.1. The van der Waals surface area contributed by atoms with E-state index in [1.165, 1.54) is 12.8 Å². The van der Waals surface area contributed by atoms with Gasteiger partial charge in [-0.05, 0) is 20.3 Å². The zero-order valence-electron chi connectivity index (χ0n) is 11.4. The molecule has 0 aromatic carbocycles. The van der Waals surface area contributed by atoms with Gasteiger partial charge < -0.3 is 16.2 Å². The molecule has 0 aliphatic rings. The van der Waals surface area contributed by atoms with Crippen LogP contribution in [0.1, 0.15) is 53.4 Å². The lowest BCUT2D eigenvalue weighted by Crippen LogP contribution is -2.45. The van der Waals surface area contributed by atoms with Crippen molar-refractivity contribution in [3.63, 3.8) is 0 Å². The topological polar surface area (TPSA) is 92.4 Å². The molecule has 0 aromatic heterocycles. The highest BCUT2D eigenvalue weighted by molar-refractivity contribution is 5.78. The Morgan fingerprint density at radius 3 is 2.12 bits per heavy atom. The molecule has 0 aromatic rings. The zero-order valence-corrected chi connectivity index (χ0v) is 11.4. The number of carbonyl (C=O) groups excluding carboxylic acids is 1. The molecule has 0 spiro atoms. The molecule has 0 unspecified atom stereocenters. The Balaban J connectivity index is 0. The second-order valence-electron chi connectivity index (χ2n) is 4.61. The van der Waals surface area contributed by atoms with Crippen LogP contribution in [0.5, 0.6) is 0 Å². The summed E-state index contributed by atoms with van der Waals surface area (Å²) >= 11 is 0. The molecular weight excluding hydrogens is 220 g/mol. The fourth-order valence-electron chi connectivity index (χ4n) is 1.31. The van der Waals surface area contributed by atoms with Gasteiger partial charge in [0, 0.05) is 12.5 Å². The Labute approximate surface area is 104 Å². The minimum absolute atomic E-state index is 0.0681. The predicted molar refractivity (Wildman–Crippen MR) is 68.7 cm³/mol. The lowest BCUT2D eigenvalue weighted by Gasteiger charge is -2.25. The maximum Gasteiger partial charge on any atom is 0.300 e. The molecule has 0 radical (unpaired) electrons. The van der Waals surface area contributed by atoms with Crippen molar-refractivity contribution >= 4 is 11.9 Å². The Morgan fingerprint density at radius 2 is 1.76 bits per heavy atom. The zero-order chi connectivity index (χ0) is 13.9. The molecule has 1 amide bonds. The average molecular weight is 246 g/mol. The van der Waals surface area contributed by atoms with Crippen molar-refractivity contribution in [3.05, 3.63) is 0 Å². The van der Waals surface area contributed by atoms with Crippen LogP contribution >= 0.6 is 0 Å². The number of carboxylic acids is 1. The van der Waals surface area contributed by atoms with Crippen LogP contribution in [0.3, 0.4) is 0 Å². The van der Waals surface area contributed by atoms with Crippen LogP contribution in [0, 0.1) is 0 Å². The molecule has 102 valence electrons. The van der Waals surface area contributed by atoms with Gasteiger partial charge in [-0.3, -0.25) is 9.59 Å². The molecule has 0 saturated heterocycles. The highest BCUT2D eigenvalue weighted by Gasteiger charge is 2.18. The number of amides is 1. The summed E-state index contributed by atoms with van der Waals surface area (Å²) in [7, 11) is 0. The van der Waals surface area contributed by atoms with E-state index in [1.54, 1.807) is 0 Å². The van der Waals surface area contributed by atoms with Crippen LogP contribution < -0.4 is 11.1 Å². The van der Waals surface area contributed by atoms with Crippen molar-refractivity contribution in [2.75, 3.05) is 6.54 Å². The highest BCUT2D eigenvalue weighted by atomic mass is 16.4. The summed E-state index contributed by atoms with van der Waals surface area (Å²) in [5.41, 5.74) is 5.12. The monoisotopic (exact) mass is 246 g/mol. The summed E-state index contributed by atoms with van der Waals surface area (Å²) in [4.78, 5) is 20.0. The quantitative estimate of drug-likeness (QED) is 0.619. The molecule has 4 N–H and O–H groups in total. The third-order valence-corrected chi connectivity index (χ3v) is 2.07. The van der Waals surface area contributed by atoms with Crippen LogP contribution in [-0.4, -0.2) is 29.1 Å². The lowest BCUT2D eigenvalue weighted by molar-refractivity contribution is -0.134. The van der Waals surface area contributed by atoms with Gasteiger partial charge in [0.15, 0.2) is 0 Å². The van der Waals surface area contributed by atoms with Gasteiger partial charge in [-0.2, -0.15) is 0 Å². The van der Waals surface area contributed by atoms with E-state index in [0.29, 0.717) is 0 Å². The van der Waals surface area contributed by atoms with Gasteiger partial charge in [-0.25, -0.2) is 0 Å². The number of nitrogens with one attached hydrogen (secondary N) is 1. The highest BCUT2D eigenvalue weighted by Crippen LogP contribution is 2.13. The van der Waals surface area contributed by atoms with Gasteiger partial charge >= 0.3 is 0 Å². The van der Waals surface area contributed by atoms with Gasteiger partial charge in [0.1, 0.15) is 0 Å². The van der Waals surface area contributed by atoms with E-state index in [-0.39, 0.29) is 18.0 Å². The molecule has 0 heterocycles. The smallest absolute Gasteiger partial charge is 0.300 e. The number of hydrogen-bond acceptors (Lipinski definition) is 3. The Hall–Kier alpha value is -1.10. The summed E-state index contributed by atoms with van der Waals surface area (Å²) in [5.74, 6) is -0.901. The van der Waals surface area contributed by atoms with Gasteiger partial charge in [0.05, 0.1) is 6.54 Å². The summed E-state index contributed by atoms with van der Waals surface area (Å²) in [6, 6.07) is 0. The van der Waals surface area contributed by atoms with E-state index in [1.807, 2.05) is 13.8 Å². The van der Waals surface area contributed by atoms with Crippen molar-refractivity contribution in [3.8, 4) is 0 Å². The molecule has 0 bridgehead atoms. The first kappa shape index (κ1) is 18.3. The van der Waals surface area contributed by atoms with Crippen LogP contribution in [0.2, 0.25) is 0 Å². The first-order chi connectivity index (χ1) is 7.75. The molecular formula is C12H26N2O3. The third-order valence-electron chi connectivity index (χ3n) is 2.07. The number of rotatable bonds is 6. The number of unbranched alkanes of at least 4 members (excludes halogenated alkanes) is 2. The van der Waals surface area contributed by atoms with Crippen molar-refractivity contribution in [1.82, 2.24) is 5.32 Å². The summed E-state index contributed by atoms with van der Waals surface area (Å²) in [5, 5.41) is 10.3.